The van der Waals surface area contributed by atoms with Gasteiger partial charge in [0.2, 0.25) is 5.91 Å². The number of hydrogen-bond acceptors (Lipinski definition) is 4. The average Bonchev–Trinajstić information content (AvgIpc) is 2.47. The molecule has 2 aromatic rings. The van der Waals surface area contributed by atoms with Crippen LogP contribution >= 0.6 is 11.6 Å². The van der Waals surface area contributed by atoms with Gasteiger partial charge in [-0.1, -0.05) is 41.9 Å². The number of rotatable bonds is 2. The molecule has 1 aliphatic rings. The van der Waals surface area contributed by atoms with Crippen molar-refractivity contribution in [1.82, 2.24) is 15.3 Å². The molecule has 3 rings (SSSR count). The van der Waals surface area contributed by atoms with Gasteiger partial charge in [-0.05, 0) is 0 Å². The van der Waals surface area contributed by atoms with Crippen molar-refractivity contribution < 1.29 is 4.79 Å². The van der Waals surface area contributed by atoms with Crippen LogP contribution in [0.1, 0.15) is 0 Å². The average molecular weight is 289 g/mol. The Bertz CT molecular complexity index is 632. The quantitative estimate of drug-likeness (QED) is 0.855. The molecule has 1 fully saturated rings. The summed E-state index contributed by atoms with van der Waals surface area (Å²) < 4.78 is 0. The molecule has 0 radical (unpaired) electrons. The van der Waals surface area contributed by atoms with E-state index in [1.807, 2.05) is 35.2 Å². The number of carbonyl (C=O) groups excluding carboxylic acids is 1. The molecule has 0 aliphatic carbocycles. The van der Waals surface area contributed by atoms with Gasteiger partial charge >= 0.3 is 0 Å². The van der Waals surface area contributed by atoms with E-state index in [4.69, 9.17) is 11.6 Å². The topological polar surface area (TPSA) is 58.1 Å². The van der Waals surface area contributed by atoms with E-state index in [1.165, 1.54) is 0 Å². The van der Waals surface area contributed by atoms with Crippen molar-refractivity contribution in [3.8, 4) is 11.4 Å². The number of hydrogen-bond donors (Lipinski definition) is 1. The van der Waals surface area contributed by atoms with Crippen LogP contribution in [0.15, 0.2) is 36.4 Å². The summed E-state index contributed by atoms with van der Waals surface area (Å²) in [4.78, 5) is 22.1. The molecule has 20 heavy (non-hydrogen) atoms. The number of benzene rings is 1. The van der Waals surface area contributed by atoms with E-state index in [0.717, 1.165) is 5.56 Å². The van der Waals surface area contributed by atoms with Crippen molar-refractivity contribution in [2.45, 2.75) is 0 Å². The van der Waals surface area contributed by atoms with Crippen LogP contribution < -0.4 is 10.2 Å². The lowest BCUT2D eigenvalue weighted by Crippen LogP contribution is -2.48. The molecule has 1 saturated heterocycles. The lowest BCUT2D eigenvalue weighted by molar-refractivity contribution is -0.120. The van der Waals surface area contributed by atoms with E-state index < -0.39 is 0 Å². The van der Waals surface area contributed by atoms with E-state index >= 15 is 0 Å². The highest BCUT2D eigenvalue weighted by Gasteiger charge is 2.19. The monoisotopic (exact) mass is 288 g/mol. The minimum Gasteiger partial charge on any atom is -0.353 e. The zero-order valence-electron chi connectivity index (χ0n) is 10.7. The molecular weight excluding hydrogens is 276 g/mol. The van der Waals surface area contributed by atoms with Gasteiger partial charge in [-0.15, -0.1) is 0 Å². The number of aromatic nitrogens is 2. The van der Waals surface area contributed by atoms with Crippen LogP contribution in [0.4, 0.5) is 5.82 Å². The highest BCUT2D eigenvalue weighted by atomic mass is 35.5. The van der Waals surface area contributed by atoms with Crippen LogP contribution in [0.5, 0.6) is 0 Å². The van der Waals surface area contributed by atoms with Crippen molar-refractivity contribution in [3.63, 3.8) is 0 Å². The smallest absolute Gasteiger partial charge is 0.239 e. The van der Waals surface area contributed by atoms with Crippen molar-refractivity contribution >= 4 is 23.3 Å². The molecule has 6 heteroatoms. The number of nitrogens with zero attached hydrogens (tertiary/aromatic N) is 3. The van der Waals surface area contributed by atoms with Gasteiger partial charge in [0.25, 0.3) is 0 Å². The van der Waals surface area contributed by atoms with Crippen molar-refractivity contribution in [3.05, 3.63) is 41.6 Å². The SMILES string of the molecule is O=C1CN(c2cc(Cl)nc(-c3ccccc3)n2)CCN1. The second-order valence-electron chi connectivity index (χ2n) is 4.51. The van der Waals surface area contributed by atoms with Gasteiger partial charge in [-0.2, -0.15) is 0 Å². The van der Waals surface area contributed by atoms with Crippen LogP contribution in [0.3, 0.4) is 0 Å². The normalized spacial score (nSPS) is 15.1. The Morgan fingerprint density at radius 1 is 1.20 bits per heavy atom. The number of halogens is 1. The summed E-state index contributed by atoms with van der Waals surface area (Å²) in [6.45, 7) is 1.62. The number of carbonyl (C=O) groups is 1. The predicted molar refractivity (Wildman–Crippen MR) is 77.7 cm³/mol. The van der Waals surface area contributed by atoms with Gasteiger partial charge in [0.1, 0.15) is 11.0 Å². The fraction of sp³-hybridized carbons (Fsp3) is 0.214. The summed E-state index contributed by atoms with van der Waals surface area (Å²) in [5.74, 6) is 1.24. The molecule has 1 aromatic carbocycles. The minimum atomic E-state index is -0.00718. The Morgan fingerprint density at radius 3 is 2.75 bits per heavy atom. The maximum absolute atomic E-state index is 11.5. The Balaban J connectivity index is 1.96. The van der Waals surface area contributed by atoms with Gasteiger partial charge in [0.05, 0.1) is 6.54 Å². The molecule has 1 amide bonds. The number of amides is 1. The van der Waals surface area contributed by atoms with Gasteiger partial charge in [0, 0.05) is 24.7 Å². The largest absolute Gasteiger partial charge is 0.353 e. The highest BCUT2D eigenvalue weighted by Crippen LogP contribution is 2.22. The van der Waals surface area contributed by atoms with Crippen LogP contribution in [0.25, 0.3) is 11.4 Å². The van der Waals surface area contributed by atoms with Gasteiger partial charge in [0.15, 0.2) is 5.82 Å². The molecule has 2 heterocycles. The third kappa shape index (κ3) is 2.72. The Kier molecular flexibility index (Phi) is 3.52. The van der Waals surface area contributed by atoms with Crippen LogP contribution in [-0.2, 0) is 4.79 Å². The second-order valence-corrected chi connectivity index (χ2v) is 4.90. The molecule has 0 atom stereocenters. The van der Waals surface area contributed by atoms with E-state index in [9.17, 15) is 4.79 Å². The fourth-order valence-electron chi connectivity index (χ4n) is 2.12. The Morgan fingerprint density at radius 2 is 2.00 bits per heavy atom. The first-order chi connectivity index (χ1) is 9.72. The number of nitrogens with one attached hydrogen (secondary N) is 1. The summed E-state index contributed by atoms with van der Waals surface area (Å²) in [7, 11) is 0. The molecule has 1 aromatic heterocycles. The summed E-state index contributed by atoms with van der Waals surface area (Å²) in [6, 6.07) is 11.3. The minimum absolute atomic E-state index is 0.00718. The summed E-state index contributed by atoms with van der Waals surface area (Å²) in [5, 5.41) is 3.16. The van der Waals surface area contributed by atoms with Gasteiger partial charge in [-0.25, -0.2) is 9.97 Å². The highest BCUT2D eigenvalue weighted by molar-refractivity contribution is 6.29. The number of anilines is 1. The van der Waals surface area contributed by atoms with Crippen LogP contribution in [0.2, 0.25) is 5.15 Å². The lowest BCUT2D eigenvalue weighted by Gasteiger charge is -2.27. The predicted octanol–water partition coefficient (Wildman–Crippen LogP) is 1.73. The van der Waals surface area contributed by atoms with E-state index in [2.05, 4.69) is 15.3 Å². The maximum Gasteiger partial charge on any atom is 0.239 e. The molecule has 102 valence electrons. The fourth-order valence-corrected chi connectivity index (χ4v) is 2.30. The molecule has 5 nitrogen and oxygen atoms in total. The van der Waals surface area contributed by atoms with E-state index in [-0.39, 0.29) is 5.91 Å². The number of piperazine rings is 1. The second kappa shape index (κ2) is 5.46. The van der Waals surface area contributed by atoms with E-state index in [0.29, 0.717) is 36.4 Å². The molecule has 1 N–H and O–H groups in total. The first kappa shape index (κ1) is 12.9. The molecule has 1 aliphatic heterocycles. The first-order valence-corrected chi connectivity index (χ1v) is 6.72. The lowest BCUT2D eigenvalue weighted by atomic mass is 10.2. The summed E-state index contributed by atoms with van der Waals surface area (Å²) in [5.41, 5.74) is 0.901. The first-order valence-electron chi connectivity index (χ1n) is 6.34. The maximum atomic E-state index is 11.5. The van der Waals surface area contributed by atoms with Gasteiger partial charge in [-0.3, -0.25) is 4.79 Å². The Hall–Kier alpha value is -2.14. The zero-order valence-corrected chi connectivity index (χ0v) is 11.5. The third-order valence-corrected chi connectivity index (χ3v) is 3.27. The molecular formula is C14H13ClN4O. The summed E-state index contributed by atoms with van der Waals surface area (Å²) in [6.07, 6.45) is 0. The van der Waals surface area contributed by atoms with Crippen molar-refractivity contribution in [2.75, 3.05) is 24.5 Å². The molecule has 0 spiro atoms. The Labute approximate surface area is 121 Å². The third-order valence-electron chi connectivity index (χ3n) is 3.08. The zero-order chi connectivity index (χ0) is 13.9. The van der Waals surface area contributed by atoms with E-state index in [1.54, 1.807) is 6.07 Å². The standard InChI is InChI=1S/C14H13ClN4O/c15-11-8-12(19-7-6-16-13(20)9-19)18-14(17-11)10-4-2-1-3-5-10/h1-5,8H,6-7,9H2,(H,16,20). The van der Waals surface area contributed by atoms with Crippen molar-refractivity contribution in [1.29, 1.82) is 0 Å². The van der Waals surface area contributed by atoms with Crippen LogP contribution in [-0.4, -0.2) is 35.5 Å². The molecule has 0 bridgehead atoms. The van der Waals surface area contributed by atoms with Crippen molar-refractivity contribution in [2.24, 2.45) is 0 Å². The van der Waals surface area contributed by atoms with Crippen LogP contribution in [0, 0.1) is 0 Å². The molecule has 0 saturated carbocycles. The molecule has 0 unspecified atom stereocenters. The van der Waals surface area contributed by atoms with Gasteiger partial charge < -0.3 is 10.2 Å². The summed E-state index contributed by atoms with van der Waals surface area (Å²) >= 11 is 6.08.